The van der Waals surface area contributed by atoms with Gasteiger partial charge in [0.05, 0.1) is 30.0 Å². The van der Waals surface area contributed by atoms with Crippen molar-refractivity contribution in [1.29, 1.82) is 0 Å². The maximum absolute atomic E-state index is 13.1. The Balaban J connectivity index is 1.54. The molecular formula is C29H28Cl2F2N2O9S. The van der Waals surface area contributed by atoms with Gasteiger partial charge in [-0.15, -0.1) is 0 Å². The van der Waals surface area contributed by atoms with Crippen LogP contribution in [0.1, 0.15) is 40.4 Å². The number of pyridine rings is 1. The number of methoxy groups -OCH3 is 1. The summed E-state index contributed by atoms with van der Waals surface area (Å²) in [6, 6.07) is 7.96. The van der Waals surface area contributed by atoms with E-state index in [9.17, 15) is 26.8 Å². The van der Waals surface area contributed by atoms with Gasteiger partial charge < -0.3 is 28.4 Å². The first-order valence-corrected chi connectivity index (χ1v) is 15.9. The molecule has 1 amide bonds. The van der Waals surface area contributed by atoms with Crippen LogP contribution in [-0.4, -0.2) is 58.4 Å². The van der Waals surface area contributed by atoms with Crippen molar-refractivity contribution in [2.24, 2.45) is 5.92 Å². The largest absolute Gasteiger partial charge is 0.493 e. The van der Waals surface area contributed by atoms with Crippen LogP contribution in [-0.2, 0) is 26.1 Å². The summed E-state index contributed by atoms with van der Waals surface area (Å²) in [5.41, 5.74) is 0.727. The van der Waals surface area contributed by atoms with E-state index < -0.39 is 41.3 Å². The van der Waals surface area contributed by atoms with Crippen molar-refractivity contribution in [3.8, 4) is 23.0 Å². The Bertz CT molecular complexity index is 1640. The molecular weight excluding hydrogens is 661 g/mol. The highest BCUT2D eigenvalue weighted by Gasteiger charge is 2.26. The van der Waals surface area contributed by atoms with Gasteiger partial charge in [-0.05, 0) is 60.2 Å². The molecule has 1 saturated carbocycles. The van der Waals surface area contributed by atoms with E-state index in [4.69, 9.17) is 41.6 Å². The normalized spacial score (nSPS) is 13.6. The zero-order valence-corrected chi connectivity index (χ0v) is 26.3. The number of aromatic nitrogens is 1. The van der Waals surface area contributed by atoms with Gasteiger partial charge in [0.25, 0.3) is 5.91 Å². The van der Waals surface area contributed by atoms with E-state index in [0.717, 1.165) is 25.2 Å². The molecule has 16 heteroatoms. The van der Waals surface area contributed by atoms with Crippen LogP contribution in [0.4, 0.5) is 8.78 Å². The average Bonchev–Trinajstić information content (AvgIpc) is 3.80. The number of amides is 1. The van der Waals surface area contributed by atoms with Gasteiger partial charge in [0.1, 0.15) is 12.6 Å². The van der Waals surface area contributed by atoms with Crippen LogP contribution in [0.2, 0.25) is 10.0 Å². The van der Waals surface area contributed by atoms with E-state index in [1.807, 2.05) is 0 Å². The van der Waals surface area contributed by atoms with Crippen LogP contribution in [0.25, 0.3) is 0 Å². The van der Waals surface area contributed by atoms with Gasteiger partial charge in [0.15, 0.2) is 23.0 Å². The summed E-state index contributed by atoms with van der Waals surface area (Å²) < 4.78 is 75.4. The minimum absolute atomic E-state index is 0.0266. The van der Waals surface area contributed by atoms with Crippen molar-refractivity contribution in [2.75, 3.05) is 26.5 Å². The third-order valence-corrected chi connectivity index (χ3v) is 7.54. The molecule has 4 rings (SSSR count). The van der Waals surface area contributed by atoms with Crippen LogP contribution in [0, 0.1) is 5.92 Å². The zero-order chi connectivity index (χ0) is 32.7. The summed E-state index contributed by atoms with van der Waals surface area (Å²) in [6.07, 6.45) is 4.37. The van der Waals surface area contributed by atoms with Gasteiger partial charge in [0.2, 0.25) is 0 Å². The van der Waals surface area contributed by atoms with Crippen LogP contribution in [0.5, 0.6) is 23.0 Å². The second kappa shape index (κ2) is 14.9. The molecule has 1 aromatic heterocycles. The molecule has 1 aliphatic carbocycles. The lowest BCUT2D eigenvalue weighted by atomic mass is 10.0. The Morgan fingerprint density at radius 1 is 1.02 bits per heavy atom. The SMILES string of the molecule is COc1ccc(C(=O)NCC(=O)O[C@@H](Cc2c(Cl)cncc2Cl)c2ccc(OC(F)F)c(OCC3CC3)c2)cc1OS(C)(=O)=O. The molecule has 1 N–H and O–H groups in total. The minimum Gasteiger partial charge on any atom is -0.493 e. The molecule has 0 unspecified atom stereocenters. The van der Waals surface area contributed by atoms with Gasteiger partial charge in [0, 0.05) is 24.4 Å². The van der Waals surface area contributed by atoms with E-state index in [1.54, 1.807) is 0 Å². The number of alkyl halides is 2. The van der Waals surface area contributed by atoms with E-state index in [0.29, 0.717) is 23.7 Å². The first-order chi connectivity index (χ1) is 21.3. The fraction of sp³-hybridized carbons (Fsp3) is 0.345. The summed E-state index contributed by atoms with van der Waals surface area (Å²) in [5, 5.41) is 2.80. The number of hydrogen-bond acceptors (Lipinski definition) is 10. The Morgan fingerprint density at radius 3 is 2.33 bits per heavy atom. The lowest BCUT2D eigenvalue weighted by Crippen LogP contribution is -2.31. The third-order valence-electron chi connectivity index (χ3n) is 6.40. The molecule has 11 nitrogen and oxygen atoms in total. The molecule has 1 atom stereocenters. The van der Waals surface area contributed by atoms with Crippen molar-refractivity contribution < 1.29 is 49.9 Å². The number of carbonyl (C=O) groups is 2. The van der Waals surface area contributed by atoms with Gasteiger partial charge in [-0.1, -0.05) is 29.3 Å². The van der Waals surface area contributed by atoms with Gasteiger partial charge in [-0.2, -0.15) is 17.2 Å². The summed E-state index contributed by atoms with van der Waals surface area (Å²) in [4.78, 5) is 29.7. The maximum Gasteiger partial charge on any atom is 0.387 e. The molecule has 0 saturated heterocycles. The molecule has 1 heterocycles. The average molecular weight is 690 g/mol. The highest BCUT2D eigenvalue weighted by atomic mass is 35.5. The summed E-state index contributed by atoms with van der Waals surface area (Å²) in [6.45, 7) is -3.39. The number of nitrogens with zero attached hydrogens (tertiary/aromatic N) is 1. The standard InChI is InChI=1S/C29H28Cl2F2N2O9S/c1-40-22-7-6-18(10-26(22)44-45(2,38)39)28(37)35-14-27(36)42-24(11-19-20(30)12-34-13-21(19)31)17-5-8-23(43-29(32)33)25(9-17)41-15-16-3-4-16/h5-10,12-13,16,24,29H,3-4,11,14-15H2,1-2H3,(H,35,37)/t24-/m0/s1. The van der Waals surface area contributed by atoms with Crippen molar-refractivity contribution in [2.45, 2.75) is 32.0 Å². The van der Waals surface area contributed by atoms with E-state index >= 15 is 0 Å². The minimum atomic E-state index is -3.93. The number of benzene rings is 2. The molecule has 1 aliphatic rings. The first kappa shape index (κ1) is 34.0. The lowest BCUT2D eigenvalue weighted by Gasteiger charge is -2.21. The molecule has 0 radical (unpaired) electrons. The van der Waals surface area contributed by atoms with Crippen LogP contribution >= 0.6 is 23.2 Å². The smallest absolute Gasteiger partial charge is 0.387 e. The molecule has 242 valence electrons. The predicted molar refractivity (Wildman–Crippen MR) is 159 cm³/mol. The number of rotatable bonds is 15. The predicted octanol–water partition coefficient (Wildman–Crippen LogP) is 5.38. The zero-order valence-electron chi connectivity index (χ0n) is 23.9. The van der Waals surface area contributed by atoms with Crippen LogP contribution in [0.3, 0.4) is 0 Å². The van der Waals surface area contributed by atoms with Gasteiger partial charge in [-0.25, -0.2) is 0 Å². The second-order valence-electron chi connectivity index (χ2n) is 9.94. The number of ether oxygens (including phenoxy) is 4. The van der Waals surface area contributed by atoms with Gasteiger partial charge >= 0.3 is 22.7 Å². The van der Waals surface area contributed by atoms with Crippen molar-refractivity contribution in [1.82, 2.24) is 10.3 Å². The Hall–Kier alpha value is -3.88. The first-order valence-electron chi connectivity index (χ1n) is 13.4. The van der Waals surface area contributed by atoms with Crippen LogP contribution < -0.4 is 23.7 Å². The number of esters is 1. The number of nitrogens with one attached hydrogen (secondary N) is 1. The molecule has 45 heavy (non-hydrogen) atoms. The van der Waals surface area contributed by atoms with E-state index in [1.165, 1.54) is 49.8 Å². The van der Waals surface area contributed by atoms with Crippen molar-refractivity contribution >= 4 is 45.2 Å². The molecule has 3 aromatic rings. The quantitative estimate of drug-likeness (QED) is 0.163. The maximum atomic E-state index is 13.1. The molecule has 0 spiro atoms. The molecule has 0 bridgehead atoms. The van der Waals surface area contributed by atoms with E-state index in [2.05, 4.69) is 15.0 Å². The monoisotopic (exact) mass is 688 g/mol. The Morgan fingerprint density at radius 2 is 1.71 bits per heavy atom. The Kier molecular flexibility index (Phi) is 11.3. The number of halogens is 4. The van der Waals surface area contributed by atoms with Crippen LogP contribution in [0.15, 0.2) is 48.8 Å². The molecule has 2 aromatic carbocycles. The Labute approximate surface area is 267 Å². The fourth-order valence-corrected chi connectivity index (χ4v) is 5.05. The molecule has 0 aliphatic heterocycles. The lowest BCUT2D eigenvalue weighted by molar-refractivity contribution is -0.148. The second-order valence-corrected chi connectivity index (χ2v) is 12.3. The van der Waals surface area contributed by atoms with Crippen molar-refractivity contribution in [3.63, 3.8) is 0 Å². The summed E-state index contributed by atoms with van der Waals surface area (Å²) in [5.74, 6) is -1.62. The highest BCUT2D eigenvalue weighted by molar-refractivity contribution is 7.86. The number of carbonyl (C=O) groups excluding carboxylic acids is 2. The van der Waals surface area contributed by atoms with Gasteiger partial charge in [-0.3, -0.25) is 14.6 Å². The van der Waals surface area contributed by atoms with E-state index in [-0.39, 0.29) is 45.0 Å². The summed E-state index contributed by atoms with van der Waals surface area (Å²) in [7, 11) is -2.63. The number of hydrogen-bond donors (Lipinski definition) is 1. The summed E-state index contributed by atoms with van der Waals surface area (Å²) >= 11 is 12.6. The topological polar surface area (TPSA) is 139 Å². The van der Waals surface area contributed by atoms with Crippen molar-refractivity contribution in [3.05, 3.63) is 75.5 Å². The molecule has 1 fully saturated rings. The fourth-order valence-electron chi connectivity index (χ4n) is 4.07. The third kappa shape index (κ3) is 10.1. The highest BCUT2D eigenvalue weighted by Crippen LogP contribution is 2.38.